The van der Waals surface area contributed by atoms with E-state index in [0.717, 1.165) is 6.42 Å². The fraction of sp³-hybridized carbons (Fsp3) is 0.400. The Bertz CT molecular complexity index is 720. The highest BCUT2D eigenvalue weighted by atomic mass is 16.2. The predicted octanol–water partition coefficient (Wildman–Crippen LogP) is 3.13. The van der Waals surface area contributed by atoms with Crippen molar-refractivity contribution in [3.63, 3.8) is 0 Å². The molecule has 2 aromatic rings. The quantitative estimate of drug-likeness (QED) is 0.934. The van der Waals surface area contributed by atoms with Gasteiger partial charge >= 0.3 is 0 Å². The molecule has 0 radical (unpaired) electrons. The van der Waals surface area contributed by atoms with Crippen molar-refractivity contribution in [3.8, 4) is 0 Å². The van der Waals surface area contributed by atoms with Crippen LogP contribution in [0.3, 0.4) is 0 Å². The molecular weight excluding hydrogens is 314 g/mol. The highest BCUT2D eigenvalue weighted by Gasteiger charge is 2.23. The van der Waals surface area contributed by atoms with Crippen molar-refractivity contribution < 1.29 is 9.59 Å². The van der Waals surface area contributed by atoms with Crippen molar-refractivity contribution in [3.05, 3.63) is 59.4 Å². The minimum absolute atomic E-state index is 0.000542. The van der Waals surface area contributed by atoms with E-state index in [2.05, 4.69) is 18.8 Å². The van der Waals surface area contributed by atoms with Crippen LogP contribution in [0.4, 0.5) is 0 Å². The Morgan fingerprint density at radius 2 is 1.56 bits per heavy atom. The number of H-pyrrole nitrogens is 1. The number of hydrogen-bond acceptors (Lipinski definition) is 2. The summed E-state index contributed by atoms with van der Waals surface area (Å²) in [7, 11) is 0. The molecule has 2 amide bonds. The van der Waals surface area contributed by atoms with Gasteiger partial charge in [0.1, 0.15) is 5.69 Å². The first-order chi connectivity index (χ1) is 12.1. The Hall–Kier alpha value is -2.56. The summed E-state index contributed by atoms with van der Waals surface area (Å²) >= 11 is 0. The molecule has 5 nitrogen and oxygen atoms in total. The second-order valence-corrected chi connectivity index (χ2v) is 6.80. The maximum Gasteiger partial charge on any atom is 0.270 e. The van der Waals surface area contributed by atoms with Crippen LogP contribution in [0.5, 0.6) is 0 Å². The van der Waals surface area contributed by atoms with E-state index >= 15 is 0 Å². The molecule has 1 aliphatic heterocycles. The van der Waals surface area contributed by atoms with Gasteiger partial charge in [-0.1, -0.05) is 26.0 Å². The van der Waals surface area contributed by atoms with Gasteiger partial charge in [-0.3, -0.25) is 9.59 Å². The molecule has 1 fully saturated rings. The van der Waals surface area contributed by atoms with Crippen molar-refractivity contribution >= 4 is 11.8 Å². The number of carbonyl (C=O) groups is 2. The molecule has 5 heteroatoms. The smallest absolute Gasteiger partial charge is 0.270 e. The molecule has 25 heavy (non-hydrogen) atoms. The van der Waals surface area contributed by atoms with Crippen LogP contribution in [0.1, 0.15) is 52.6 Å². The normalized spacial score (nSPS) is 15.3. The number of nitrogens with zero attached hydrogens (tertiary/aromatic N) is 2. The van der Waals surface area contributed by atoms with Crippen LogP contribution in [0.15, 0.2) is 42.6 Å². The number of amides is 2. The number of carbonyl (C=O) groups excluding carboxylic acids is 2. The van der Waals surface area contributed by atoms with Crippen molar-refractivity contribution in [2.45, 2.75) is 26.2 Å². The van der Waals surface area contributed by atoms with Gasteiger partial charge in [0.25, 0.3) is 11.8 Å². The van der Waals surface area contributed by atoms with E-state index in [1.165, 1.54) is 5.56 Å². The first kappa shape index (κ1) is 17.3. The van der Waals surface area contributed by atoms with Gasteiger partial charge in [0.2, 0.25) is 0 Å². The minimum Gasteiger partial charge on any atom is -0.357 e. The highest BCUT2D eigenvalue weighted by molar-refractivity contribution is 5.95. The van der Waals surface area contributed by atoms with E-state index in [0.29, 0.717) is 43.4 Å². The molecule has 0 saturated carbocycles. The average Bonchev–Trinajstić information content (AvgIpc) is 3.05. The van der Waals surface area contributed by atoms with E-state index in [1.54, 1.807) is 12.3 Å². The van der Waals surface area contributed by atoms with Gasteiger partial charge in [0.15, 0.2) is 0 Å². The number of aromatic nitrogens is 1. The molecule has 3 rings (SSSR count). The van der Waals surface area contributed by atoms with Crippen molar-refractivity contribution in [1.82, 2.24) is 14.8 Å². The van der Waals surface area contributed by atoms with Crippen LogP contribution in [0.2, 0.25) is 0 Å². The maximum absolute atomic E-state index is 12.8. The lowest BCUT2D eigenvalue weighted by molar-refractivity contribution is 0.0716. The van der Waals surface area contributed by atoms with Gasteiger partial charge < -0.3 is 14.8 Å². The summed E-state index contributed by atoms with van der Waals surface area (Å²) in [5, 5.41) is 0. The van der Waals surface area contributed by atoms with Crippen LogP contribution in [0.25, 0.3) is 0 Å². The first-order valence-electron chi connectivity index (χ1n) is 8.88. The van der Waals surface area contributed by atoms with Crippen LogP contribution in [0, 0.1) is 0 Å². The summed E-state index contributed by atoms with van der Waals surface area (Å²) in [5.41, 5.74) is 2.55. The maximum atomic E-state index is 12.8. The Labute approximate surface area is 148 Å². The third-order valence-electron chi connectivity index (χ3n) is 4.72. The monoisotopic (exact) mass is 339 g/mol. The number of benzene rings is 1. The molecule has 0 bridgehead atoms. The number of rotatable bonds is 3. The summed E-state index contributed by atoms with van der Waals surface area (Å²) in [5.74, 6) is 0.500. The first-order valence-corrected chi connectivity index (χ1v) is 8.88. The number of aromatic amines is 1. The Balaban J connectivity index is 1.64. The molecule has 0 aliphatic carbocycles. The van der Waals surface area contributed by atoms with Crippen molar-refractivity contribution in [2.75, 3.05) is 26.2 Å². The molecule has 1 aromatic heterocycles. The molecule has 0 unspecified atom stereocenters. The molecule has 132 valence electrons. The molecule has 0 atom stereocenters. The summed E-state index contributed by atoms with van der Waals surface area (Å²) < 4.78 is 0. The van der Waals surface area contributed by atoms with Gasteiger partial charge in [-0.15, -0.1) is 0 Å². The van der Waals surface area contributed by atoms with Crippen LogP contribution >= 0.6 is 0 Å². The molecule has 1 saturated heterocycles. The van der Waals surface area contributed by atoms with Crippen LogP contribution in [-0.4, -0.2) is 52.8 Å². The molecule has 1 aromatic carbocycles. The fourth-order valence-corrected chi connectivity index (χ4v) is 3.15. The average molecular weight is 339 g/mol. The minimum atomic E-state index is 0.000542. The Morgan fingerprint density at radius 3 is 2.12 bits per heavy atom. The number of nitrogens with one attached hydrogen (secondary N) is 1. The largest absolute Gasteiger partial charge is 0.357 e. The van der Waals surface area contributed by atoms with Gasteiger partial charge in [-0.2, -0.15) is 0 Å². The van der Waals surface area contributed by atoms with Crippen molar-refractivity contribution in [2.24, 2.45) is 0 Å². The summed E-state index contributed by atoms with van der Waals surface area (Å²) in [4.78, 5) is 31.8. The van der Waals surface area contributed by atoms with Gasteiger partial charge in [-0.25, -0.2) is 0 Å². The standard InChI is InChI=1S/C20H25N3O2/c1-15(2)16-6-8-17(9-7-16)19(24)22-11-4-12-23(14-13-22)20(25)18-5-3-10-21-18/h3,5-10,15,21H,4,11-14H2,1-2H3. The third-order valence-corrected chi connectivity index (χ3v) is 4.72. The van der Waals surface area contributed by atoms with E-state index in [4.69, 9.17) is 0 Å². The second-order valence-electron chi connectivity index (χ2n) is 6.80. The summed E-state index contributed by atoms with van der Waals surface area (Å²) in [6, 6.07) is 11.5. The van der Waals surface area contributed by atoms with E-state index in [1.807, 2.05) is 40.1 Å². The lowest BCUT2D eigenvalue weighted by Gasteiger charge is -2.22. The molecule has 1 aliphatic rings. The van der Waals surface area contributed by atoms with Crippen molar-refractivity contribution in [1.29, 1.82) is 0 Å². The van der Waals surface area contributed by atoms with E-state index < -0.39 is 0 Å². The van der Waals surface area contributed by atoms with Gasteiger partial charge in [0, 0.05) is 37.9 Å². The van der Waals surface area contributed by atoms with Crippen LogP contribution in [-0.2, 0) is 0 Å². The SMILES string of the molecule is CC(C)c1ccc(C(=O)N2CCCN(C(=O)c3ccc[nH]3)CC2)cc1. The topological polar surface area (TPSA) is 56.4 Å². The second kappa shape index (κ2) is 7.55. The third kappa shape index (κ3) is 3.92. The molecule has 0 spiro atoms. The van der Waals surface area contributed by atoms with Gasteiger partial charge in [0.05, 0.1) is 0 Å². The lowest BCUT2D eigenvalue weighted by Crippen LogP contribution is -2.37. The van der Waals surface area contributed by atoms with E-state index in [9.17, 15) is 9.59 Å². The summed E-state index contributed by atoms with van der Waals surface area (Å²) in [6.45, 7) is 6.76. The predicted molar refractivity (Wildman–Crippen MR) is 97.7 cm³/mol. The van der Waals surface area contributed by atoms with Gasteiger partial charge in [-0.05, 0) is 42.2 Å². The zero-order chi connectivity index (χ0) is 17.8. The fourth-order valence-electron chi connectivity index (χ4n) is 3.15. The van der Waals surface area contributed by atoms with E-state index in [-0.39, 0.29) is 11.8 Å². The zero-order valence-corrected chi connectivity index (χ0v) is 14.9. The highest BCUT2D eigenvalue weighted by Crippen LogP contribution is 2.17. The molecule has 2 heterocycles. The lowest BCUT2D eigenvalue weighted by atomic mass is 10.0. The van der Waals surface area contributed by atoms with Crippen LogP contribution < -0.4 is 0 Å². The Kier molecular flexibility index (Phi) is 5.22. The summed E-state index contributed by atoms with van der Waals surface area (Å²) in [6.07, 6.45) is 2.55. The molecular formula is C20H25N3O2. The zero-order valence-electron chi connectivity index (χ0n) is 14.9. The number of hydrogen-bond donors (Lipinski definition) is 1. The molecule has 1 N–H and O–H groups in total. The Morgan fingerprint density at radius 1 is 0.920 bits per heavy atom.